The molecule has 0 aliphatic carbocycles. The van der Waals surface area contributed by atoms with Gasteiger partial charge in [-0.05, 0) is 29.5 Å². The van der Waals surface area contributed by atoms with Gasteiger partial charge in [0.05, 0.1) is 13.5 Å². The smallest absolute Gasteiger partial charge is 0.307 e. The molecule has 0 aliphatic rings. The van der Waals surface area contributed by atoms with Crippen LogP contribution in [0.15, 0.2) is 24.3 Å². The van der Waals surface area contributed by atoms with E-state index < -0.39 is 0 Å². The Morgan fingerprint density at radius 3 is 2.22 bits per heavy atom. The lowest BCUT2D eigenvalue weighted by Gasteiger charge is -2.23. The van der Waals surface area contributed by atoms with E-state index in [4.69, 9.17) is 5.11 Å². The van der Waals surface area contributed by atoms with E-state index in [2.05, 4.69) is 25.5 Å². The highest BCUT2D eigenvalue weighted by Gasteiger charge is 2.18. The summed E-state index contributed by atoms with van der Waals surface area (Å²) in [6.45, 7) is 7.06. The van der Waals surface area contributed by atoms with E-state index in [1.165, 1.54) is 7.11 Å². The second-order valence-electron chi connectivity index (χ2n) is 6.52. The molecule has 0 aromatic heterocycles. The van der Waals surface area contributed by atoms with Crippen molar-refractivity contribution in [2.45, 2.75) is 39.0 Å². The number of methoxy groups -OCH3 is 1. The van der Waals surface area contributed by atoms with Crippen molar-refractivity contribution in [3.05, 3.63) is 35.4 Å². The van der Waals surface area contributed by atoms with Gasteiger partial charge in [0.2, 0.25) is 0 Å². The summed E-state index contributed by atoms with van der Waals surface area (Å²) in [4.78, 5) is 25.5. The normalized spacial score (nSPS) is 11.2. The highest BCUT2D eigenvalue weighted by atomic mass is 16.5. The monoisotopic (exact) mass is 321 g/mol. The molecule has 0 fully saturated rings. The first-order chi connectivity index (χ1) is 10.8. The van der Waals surface area contributed by atoms with Gasteiger partial charge in [0, 0.05) is 25.3 Å². The molecule has 0 saturated heterocycles. The zero-order chi connectivity index (χ0) is 17.5. The van der Waals surface area contributed by atoms with Crippen LogP contribution in [0, 0.1) is 0 Å². The van der Waals surface area contributed by atoms with Crippen LogP contribution >= 0.6 is 0 Å². The predicted molar refractivity (Wildman–Crippen MR) is 89.4 cm³/mol. The van der Waals surface area contributed by atoms with Crippen LogP contribution in [0.3, 0.4) is 0 Å². The molecule has 5 nitrogen and oxygen atoms in total. The Morgan fingerprint density at radius 2 is 1.74 bits per heavy atom. The maximum Gasteiger partial charge on any atom is 0.307 e. The van der Waals surface area contributed by atoms with Crippen LogP contribution in [0.4, 0.5) is 0 Å². The minimum atomic E-state index is -0.352. The number of ether oxygens (including phenoxy) is 1. The SMILES string of the molecule is COC(=O)CCN(CCCO)C(=O)c1ccc(C(C)(C)C)cc1. The average Bonchev–Trinajstić information content (AvgIpc) is 2.53. The Bertz CT molecular complexity index is 517. The Kier molecular flexibility index (Phi) is 7.23. The Morgan fingerprint density at radius 1 is 1.13 bits per heavy atom. The summed E-state index contributed by atoms with van der Waals surface area (Å²) in [6, 6.07) is 7.54. The van der Waals surface area contributed by atoms with E-state index >= 15 is 0 Å². The molecule has 0 bridgehead atoms. The third kappa shape index (κ3) is 6.02. The number of carbonyl (C=O) groups is 2. The summed E-state index contributed by atoms with van der Waals surface area (Å²) in [5.41, 5.74) is 1.77. The summed E-state index contributed by atoms with van der Waals surface area (Å²) < 4.78 is 4.62. The maximum atomic E-state index is 12.6. The molecule has 1 rings (SSSR count). The molecule has 0 spiro atoms. The van der Waals surface area contributed by atoms with Crippen LogP contribution in [0.25, 0.3) is 0 Å². The molecule has 0 heterocycles. The van der Waals surface area contributed by atoms with Crippen molar-refractivity contribution in [3.63, 3.8) is 0 Å². The molecule has 0 atom stereocenters. The molecule has 23 heavy (non-hydrogen) atoms. The van der Waals surface area contributed by atoms with E-state index in [1.807, 2.05) is 24.3 Å². The number of hydrogen-bond acceptors (Lipinski definition) is 4. The van der Waals surface area contributed by atoms with Crippen LogP contribution < -0.4 is 0 Å². The number of rotatable bonds is 7. The molecular formula is C18H27NO4. The lowest BCUT2D eigenvalue weighted by atomic mass is 9.86. The number of nitrogens with zero attached hydrogens (tertiary/aromatic N) is 1. The molecule has 0 aliphatic heterocycles. The van der Waals surface area contributed by atoms with Crippen LogP contribution in [-0.4, -0.2) is 48.7 Å². The summed E-state index contributed by atoms with van der Waals surface area (Å²) >= 11 is 0. The van der Waals surface area contributed by atoms with Crippen molar-refractivity contribution in [1.82, 2.24) is 4.90 Å². The third-order valence-corrected chi connectivity index (χ3v) is 3.68. The number of aliphatic hydroxyl groups excluding tert-OH is 1. The topological polar surface area (TPSA) is 66.8 Å². The summed E-state index contributed by atoms with van der Waals surface area (Å²) in [6.07, 6.45) is 0.626. The van der Waals surface area contributed by atoms with Crippen molar-refractivity contribution < 1.29 is 19.4 Å². The minimum Gasteiger partial charge on any atom is -0.469 e. The van der Waals surface area contributed by atoms with Gasteiger partial charge in [-0.15, -0.1) is 0 Å². The Labute approximate surface area is 138 Å². The van der Waals surface area contributed by atoms with Crippen LogP contribution in [-0.2, 0) is 14.9 Å². The lowest BCUT2D eigenvalue weighted by Crippen LogP contribution is -2.34. The Hall–Kier alpha value is -1.88. The molecule has 5 heteroatoms. The van der Waals surface area contributed by atoms with Gasteiger partial charge < -0.3 is 14.7 Å². The number of aliphatic hydroxyl groups is 1. The first kappa shape index (κ1) is 19.2. The second-order valence-corrected chi connectivity index (χ2v) is 6.52. The lowest BCUT2D eigenvalue weighted by molar-refractivity contribution is -0.140. The first-order valence-electron chi connectivity index (χ1n) is 7.87. The molecule has 0 unspecified atom stereocenters. The minimum absolute atomic E-state index is 0.00493. The predicted octanol–water partition coefficient (Wildman–Crippen LogP) is 2.37. The van der Waals surface area contributed by atoms with E-state index in [9.17, 15) is 9.59 Å². The number of benzene rings is 1. The van der Waals surface area contributed by atoms with E-state index in [1.54, 1.807) is 4.90 Å². The van der Waals surface area contributed by atoms with Crippen molar-refractivity contribution in [2.24, 2.45) is 0 Å². The standard InChI is InChI=1S/C18H27NO4/c1-18(2,3)15-8-6-14(7-9-15)17(22)19(11-5-13-20)12-10-16(21)23-4/h6-9,20H,5,10-13H2,1-4H3. The van der Waals surface area contributed by atoms with Crippen molar-refractivity contribution in [2.75, 3.05) is 26.8 Å². The molecule has 128 valence electrons. The van der Waals surface area contributed by atoms with Crippen LogP contribution in [0.1, 0.15) is 49.5 Å². The largest absolute Gasteiger partial charge is 0.469 e. The van der Waals surface area contributed by atoms with Crippen molar-refractivity contribution in [3.8, 4) is 0 Å². The van der Waals surface area contributed by atoms with Crippen LogP contribution in [0.2, 0.25) is 0 Å². The summed E-state index contributed by atoms with van der Waals surface area (Å²) in [7, 11) is 1.33. The van der Waals surface area contributed by atoms with Gasteiger partial charge in [0.25, 0.3) is 5.91 Å². The molecular weight excluding hydrogens is 294 g/mol. The number of carbonyl (C=O) groups excluding carboxylic acids is 2. The van der Waals surface area contributed by atoms with Gasteiger partial charge >= 0.3 is 5.97 Å². The fraction of sp³-hybridized carbons (Fsp3) is 0.556. The molecule has 1 N–H and O–H groups in total. The fourth-order valence-corrected chi connectivity index (χ4v) is 2.20. The quantitative estimate of drug-likeness (QED) is 0.783. The summed E-state index contributed by atoms with van der Waals surface area (Å²) in [5, 5.41) is 8.99. The number of amides is 1. The number of hydrogen-bond donors (Lipinski definition) is 1. The second kappa shape index (κ2) is 8.67. The van der Waals surface area contributed by atoms with Crippen LogP contribution in [0.5, 0.6) is 0 Å². The fourth-order valence-electron chi connectivity index (χ4n) is 2.20. The van der Waals surface area contributed by atoms with E-state index in [-0.39, 0.29) is 36.9 Å². The van der Waals surface area contributed by atoms with Gasteiger partial charge in [-0.25, -0.2) is 0 Å². The third-order valence-electron chi connectivity index (χ3n) is 3.68. The zero-order valence-corrected chi connectivity index (χ0v) is 14.5. The molecule has 0 saturated carbocycles. The average molecular weight is 321 g/mol. The number of esters is 1. The van der Waals surface area contributed by atoms with Crippen molar-refractivity contribution in [1.29, 1.82) is 0 Å². The van der Waals surface area contributed by atoms with Gasteiger partial charge in [-0.3, -0.25) is 9.59 Å². The van der Waals surface area contributed by atoms with Gasteiger partial charge in [0.1, 0.15) is 0 Å². The van der Waals surface area contributed by atoms with Gasteiger partial charge in [0.15, 0.2) is 0 Å². The molecule has 1 aromatic rings. The molecule has 1 aromatic carbocycles. The van der Waals surface area contributed by atoms with E-state index in [0.717, 1.165) is 5.56 Å². The highest BCUT2D eigenvalue weighted by Crippen LogP contribution is 2.22. The van der Waals surface area contributed by atoms with Crippen molar-refractivity contribution >= 4 is 11.9 Å². The molecule has 0 radical (unpaired) electrons. The summed E-state index contributed by atoms with van der Waals surface area (Å²) in [5.74, 6) is -0.488. The maximum absolute atomic E-state index is 12.6. The van der Waals surface area contributed by atoms with Gasteiger partial charge in [-0.2, -0.15) is 0 Å². The first-order valence-corrected chi connectivity index (χ1v) is 7.87. The Balaban J connectivity index is 2.84. The van der Waals surface area contributed by atoms with Gasteiger partial charge in [-0.1, -0.05) is 32.9 Å². The zero-order valence-electron chi connectivity index (χ0n) is 14.5. The van der Waals surface area contributed by atoms with E-state index in [0.29, 0.717) is 18.5 Å². The molecule has 1 amide bonds. The highest BCUT2D eigenvalue weighted by molar-refractivity contribution is 5.94.